The van der Waals surface area contributed by atoms with Crippen molar-refractivity contribution in [3.8, 4) is 17.0 Å². The number of ether oxygens (including phenoxy) is 1. The Balaban J connectivity index is 1.61. The van der Waals surface area contributed by atoms with Crippen LogP contribution >= 0.6 is 0 Å². The van der Waals surface area contributed by atoms with Crippen LogP contribution in [-0.4, -0.2) is 22.9 Å². The van der Waals surface area contributed by atoms with Gasteiger partial charge in [-0.1, -0.05) is 6.07 Å². The Hall–Kier alpha value is -3.91. The molecule has 1 aliphatic rings. The minimum absolute atomic E-state index is 0.264. The molecule has 0 aliphatic carbocycles. The quantitative estimate of drug-likeness (QED) is 0.412. The van der Waals surface area contributed by atoms with Crippen LogP contribution in [0, 0.1) is 5.82 Å². The molecule has 4 aromatic rings. The van der Waals surface area contributed by atoms with E-state index in [2.05, 4.69) is 26.6 Å². The number of rotatable bonds is 5. The third kappa shape index (κ3) is 3.33. The van der Waals surface area contributed by atoms with Gasteiger partial charge < -0.3 is 9.72 Å². The first-order chi connectivity index (χ1) is 14.7. The number of benzene rings is 2. The van der Waals surface area contributed by atoms with E-state index in [-0.39, 0.29) is 5.82 Å². The van der Waals surface area contributed by atoms with Gasteiger partial charge in [-0.05, 0) is 59.7 Å². The number of aromatic nitrogens is 2. The first-order valence-corrected chi connectivity index (χ1v) is 9.46. The highest BCUT2D eigenvalue weighted by Gasteiger charge is 2.16. The molecule has 2 aromatic carbocycles. The topological polar surface area (TPSA) is 86.4 Å². The fraction of sp³-hybridized carbons (Fsp3) is 0.0909. The maximum Gasteiger partial charge on any atom is 0.189 e. The van der Waals surface area contributed by atoms with Gasteiger partial charge in [0.25, 0.3) is 0 Å². The average Bonchev–Trinajstić information content (AvgIpc) is 3.43. The standard InChI is InChI=1S/C22H19FN6O/c1-30-16-9-10-17-18(11-15-3-2-4-19(24-15)22-26-28-29-27-22)21(25-20(17)12-16)13-5-7-14(23)8-6-13/h2-10,12,25,28-29H,11H2,1H3,(H,26,27). The van der Waals surface area contributed by atoms with Gasteiger partial charge in [0, 0.05) is 29.1 Å². The van der Waals surface area contributed by atoms with Gasteiger partial charge in [-0.15, -0.1) is 10.6 Å². The third-order valence-electron chi connectivity index (χ3n) is 5.06. The Morgan fingerprint density at radius 3 is 2.67 bits per heavy atom. The lowest BCUT2D eigenvalue weighted by atomic mass is 10.0. The molecule has 5 rings (SSSR count). The highest BCUT2D eigenvalue weighted by atomic mass is 19.1. The maximum absolute atomic E-state index is 13.5. The van der Waals surface area contributed by atoms with Crippen molar-refractivity contribution in [3.05, 3.63) is 83.4 Å². The SMILES string of the molecule is COc1ccc2c(Cc3cccc(C4=NNNN4)n3)c(-c3ccc(F)cc3)[nH]c2c1. The second-order valence-electron chi connectivity index (χ2n) is 6.91. The maximum atomic E-state index is 13.5. The fourth-order valence-electron chi connectivity index (χ4n) is 3.62. The lowest BCUT2D eigenvalue weighted by molar-refractivity contribution is 0.415. The summed E-state index contributed by atoms with van der Waals surface area (Å²) in [5.41, 5.74) is 13.8. The van der Waals surface area contributed by atoms with E-state index < -0.39 is 0 Å². The van der Waals surface area contributed by atoms with Crippen LogP contribution in [0.15, 0.2) is 65.8 Å². The molecule has 4 N–H and O–H groups in total. The predicted octanol–water partition coefficient (Wildman–Crippen LogP) is 3.24. The number of aromatic amines is 1. The Bertz CT molecular complexity index is 1250. The summed E-state index contributed by atoms with van der Waals surface area (Å²) in [4.78, 5) is 8.23. The second-order valence-corrected chi connectivity index (χ2v) is 6.91. The molecule has 0 amide bonds. The lowest BCUT2D eigenvalue weighted by Crippen LogP contribution is -2.35. The molecule has 0 saturated heterocycles. The van der Waals surface area contributed by atoms with Gasteiger partial charge in [-0.2, -0.15) is 0 Å². The van der Waals surface area contributed by atoms with Crippen molar-refractivity contribution < 1.29 is 9.13 Å². The summed E-state index contributed by atoms with van der Waals surface area (Å²) in [7, 11) is 1.64. The Kier molecular flexibility index (Phi) is 4.53. The van der Waals surface area contributed by atoms with Crippen molar-refractivity contribution in [2.24, 2.45) is 5.10 Å². The summed E-state index contributed by atoms with van der Waals surface area (Å²) in [6.07, 6.45) is 0.598. The number of amidine groups is 1. The Labute approximate surface area is 171 Å². The molecule has 0 spiro atoms. The van der Waals surface area contributed by atoms with Crippen molar-refractivity contribution in [2.75, 3.05) is 7.11 Å². The molecule has 0 saturated carbocycles. The Morgan fingerprint density at radius 2 is 1.90 bits per heavy atom. The van der Waals surface area contributed by atoms with Gasteiger partial charge in [0.2, 0.25) is 0 Å². The van der Waals surface area contributed by atoms with Gasteiger partial charge in [0.15, 0.2) is 5.84 Å². The van der Waals surface area contributed by atoms with Crippen LogP contribution in [0.1, 0.15) is 17.0 Å². The van der Waals surface area contributed by atoms with Crippen molar-refractivity contribution >= 4 is 16.7 Å². The summed E-state index contributed by atoms with van der Waals surface area (Å²) in [5.74, 6) is 1.13. The Morgan fingerprint density at radius 1 is 1.03 bits per heavy atom. The zero-order chi connectivity index (χ0) is 20.5. The molecule has 0 fully saturated rings. The number of nitrogens with zero attached hydrogens (tertiary/aromatic N) is 2. The number of hydrogen-bond donors (Lipinski definition) is 4. The molecule has 0 unspecified atom stereocenters. The van der Waals surface area contributed by atoms with E-state index in [0.29, 0.717) is 12.3 Å². The van der Waals surface area contributed by atoms with Gasteiger partial charge >= 0.3 is 0 Å². The summed E-state index contributed by atoms with van der Waals surface area (Å²) < 4.78 is 18.9. The van der Waals surface area contributed by atoms with Crippen LogP contribution in [-0.2, 0) is 6.42 Å². The van der Waals surface area contributed by atoms with Crippen molar-refractivity contribution in [3.63, 3.8) is 0 Å². The molecule has 150 valence electrons. The predicted molar refractivity (Wildman–Crippen MR) is 113 cm³/mol. The minimum atomic E-state index is -0.264. The smallest absolute Gasteiger partial charge is 0.189 e. The van der Waals surface area contributed by atoms with E-state index in [4.69, 9.17) is 9.72 Å². The van der Waals surface area contributed by atoms with Crippen LogP contribution < -0.4 is 21.2 Å². The lowest BCUT2D eigenvalue weighted by Gasteiger charge is -2.07. The van der Waals surface area contributed by atoms with Crippen molar-refractivity contribution in [1.29, 1.82) is 0 Å². The van der Waals surface area contributed by atoms with Gasteiger partial charge in [0.05, 0.1) is 12.8 Å². The molecular weight excluding hydrogens is 383 g/mol. The van der Waals surface area contributed by atoms with Crippen LogP contribution in [0.5, 0.6) is 5.75 Å². The van der Waals surface area contributed by atoms with E-state index in [1.54, 1.807) is 19.2 Å². The summed E-state index contributed by atoms with van der Waals surface area (Å²) in [6, 6.07) is 18.3. The number of hydrogen-bond acceptors (Lipinski definition) is 6. The monoisotopic (exact) mass is 402 g/mol. The third-order valence-corrected chi connectivity index (χ3v) is 5.06. The van der Waals surface area contributed by atoms with Crippen molar-refractivity contribution in [2.45, 2.75) is 6.42 Å². The number of pyridine rings is 1. The molecule has 0 radical (unpaired) electrons. The largest absolute Gasteiger partial charge is 0.497 e. The zero-order valence-corrected chi connectivity index (χ0v) is 16.2. The molecular formula is C22H19FN6O. The van der Waals surface area contributed by atoms with Crippen LogP contribution in [0.3, 0.4) is 0 Å². The zero-order valence-electron chi connectivity index (χ0n) is 16.2. The fourth-order valence-corrected chi connectivity index (χ4v) is 3.62. The number of halogens is 1. The highest BCUT2D eigenvalue weighted by Crippen LogP contribution is 2.33. The normalized spacial score (nSPS) is 13.1. The van der Waals surface area contributed by atoms with Crippen LogP contribution in [0.4, 0.5) is 4.39 Å². The number of H-pyrrole nitrogens is 1. The number of hydrazine groups is 2. The van der Waals surface area contributed by atoms with Gasteiger partial charge in [-0.3, -0.25) is 5.43 Å². The molecule has 30 heavy (non-hydrogen) atoms. The summed E-state index contributed by atoms with van der Waals surface area (Å²) >= 11 is 0. The van der Waals surface area contributed by atoms with Crippen molar-refractivity contribution in [1.82, 2.24) is 26.5 Å². The molecule has 3 heterocycles. The molecule has 0 bridgehead atoms. The van der Waals surface area contributed by atoms with Crippen LogP contribution in [0.25, 0.3) is 22.2 Å². The molecule has 2 aromatic heterocycles. The first-order valence-electron chi connectivity index (χ1n) is 9.46. The van der Waals surface area contributed by atoms with E-state index in [9.17, 15) is 4.39 Å². The van der Waals surface area contributed by atoms with Gasteiger partial charge in [0.1, 0.15) is 17.3 Å². The molecule has 1 aliphatic heterocycles. The first kappa shape index (κ1) is 18.1. The summed E-state index contributed by atoms with van der Waals surface area (Å²) in [6.45, 7) is 0. The van der Waals surface area contributed by atoms with E-state index >= 15 is 0 Å². The molecule has 8 heteroatoms. The summed E-state index contributed by atoms with van der Waals surface area (Å²) in [5, 5.41) is 5.18. The van der Waals surface area contributed by atoms with E-state index in [1.165, 1.54) is 12.1 Å². The van der Waals surface area contributed by atoms with Gasteiger partial charge in [-0.25, -0.2) is 14.9 Å². The number of hydrazone groups is 1. The highest BCUT2D eigenvalue weighted by molar-refractivity contribution is 5.97. The number of nitrogens with one attached hydrogen (secondary N) is 4. The molecule has 7 nitrogen and oxygen atoms in total. The minimum Gasteiger partial charge on any atom is -0.497 e. The number of fused-ring (bicyclic) bond motifs is 1. The average molecular weight is 402 g/mol. The number of methoxy groups -OCH3 is 1. The van der Waals surface area contributed by atoms with E-state index in [1.807, 2.05) is 36.4 Å². The van der Waals surface area contributed by atoms with Crippen LogP contribution in [0.2, 0.25) is 0 Å². The molecule has 0 atom stereocenters. The second kappa shape index (κ2) is 7.49. The van der Waals surface area contributed by atoms with E-state index in [0.717, 1.165) is 44.9 Å².